The second-order valence-electron chi connectivity index (χ2n) is 8.10. The zero-order valence-corrected chi connectivity index (χ0v) is 20.5. The number of rotatable bonds is 8. The molecule has 0 aliphatic carbocycles. The van der Waals surface area contributed by atoms with E-state index in [1.165, 1.54) is 23.7 Å². The van der Waals surface area contributed by atoms with Crippen LogP contribution >= 0.6 is 0 Å². The van der Waals surface area contributed by atoms with Gasteiger partial charge in [0, 0.05) is 25.2 Å². The predicted octanol–water partition coefficient (Wildman–Crippen LogP) is 2.21. The Morgan fingerprint density at radius 1 is 1.09 bits per heavy atom. The first-order chi connectivity index (χ1) is 15.5. The number of methoxy groups -OCH3 is 1. The number of anilines is 1. The zero-order chi connectivity index (χ0) is 24.2. The smallest absolute Gasteiger partial charge is 0.262 e. The molecule has 0 saturated carbocycles. The molecule has 2 aromatic rings. The molecule has 1 heterocycles. The van der Waals surface area contributed by atoms with Crippen molar-refractivity contribution in [2.45, 2.75) is 24.7 Å². The Labute approximate surface area is 195 Å². The molecule has 1 saturated heterocycles. The number of hydrogen-bond donors (Lipinski definition) is 2. The molecular weight excluding hydrogens is 466 g/mol. The first-order valence-corrected chi connectivity index (χ1v) is 13.8. The number of amides is 1. The summed E-state index contributed by atoms with van der Waals surface area (Å²) in [7, 11) is -5.71. The standard InChI is InChI=1S/C22H29N3O6S2/c1-16-8-9-18(22(26)23-15-17-10-12-25(13-11-17)32(3,27)28)14-21(16)33(29,30)24-19-6-4-5-7-20(19)31-2/h4-9,14,17,24H,10-13,15H2,1-3H3,(H,23,26). The van der Waals surface area contributed by atoms with Gasteiger partial charge in [0.2, 0.25) is 10.0 Å². The number of carbonyl (C=O) groups is 1. The molecule has 0 unspecified atom stereocenters. The maximum Gasteiger partial charge on any atom is 0.262 e. The van der Waals surface area contributed by atoms with E-state index < -0.39 is 20.0 Å². The Bertz CT molecular complexity index is 1220. The number of nitrogens with one attached hydrogen (secondary N) is 2. The van der Waals surface area contributed by atoms with E-state index in [4.69, 9.17) is 4.74 Å². The minimum absolute atomic E-state index is 0.00233. The highest BCUT2D eigenvalue weighted by atomic mass is 32.2. The van der Waals surface area contributed by atoms with E-state index in [0.29, 0.717) is 49.5 Å². The molecule has 1 amide bonds. The first kappa shape index (κ1) is 25.0. The molecule has 0 atom stereocenters. The van der Waals surface area contributed by atoms with Crippen molar-refractivity contribution in [2.75, 3.05) is 37.7 Å². The maximum absolute atomic E-state index is 13.0. The van der Waals surface area contributed by atoms with Crippen molar-refractivity contribution < 1.29 is 26.4 Å². The number of carbonyl (C=O) groups excluding carboxylic acids is 1. The Morgan fingerprint density at radius 3 is 2.39 bits per heavy atom. The third-order valence-electron chi connectivity index (χ3n) is 5.68. The van der Waals surface area contributed by atoms with Crippen molar-refractivity contribution in [1.82, 2.24) is 9.62 Å². The lowest BCUT2D eigenvalue weighted by Gasteiger charge is -2.30. The van der Waals surface area contributed by atoms with E-state index >= 15 is 0 Å². The third kappa shape index (κ3) is 6.24. The van der Waals surface area contributed by atoms with Crippen molar-refractivity contribution in [2.24, 2.45) is 5.92 Å². The monoisotopic (exact) mass is 495 g/mol. The molecule has 2 N–H and O–H groups in total. The van der Waals surface area contributed by atoms with Gasteiger partial charge in [-0.15, -0.1) is 0 Å². The van der Waals surface area contributed by atoms with Crippen LogP contribution in [-0.4, -0.2) is 60.0 Å². The summed E-state index contributed by atoms with van der Waals surface area (Å²) in [6.07, 6.45) is 2.51. The summed E-state index contributed by atoms with van der Waals surface area (Å²) < 4.78 is 58.5. The molecular formula is C22H29N3O6S2. The fourth-order valence-electron chi connectivity index (χ4n) is 3.74. The highest BCUT2D eigenvalue weighted by Crippen LogP contribution is 2.27. The van der Waals surface area contributed by atoms with Gasteiger partial charge in [-0.3, -0.25) is 9.52 Å². The average Bonchev–Trinajstić information content (AvgIpc) is 2.77. The van der Waals surface area contributed by atoms with Gasteiger partial charge < -0.3 is 10.1 Å². The summed E-state index contributed by atoms with van der Waals surface area (Å²) >= 11 is 0. The molecule has 180 valence electrons. The second kappa shape index (κ2) is 10.1. The number of benzene rings is 2. The molecule has 2 aromatic carbocycles. The highest BCUT2D eigenvalue weighted by Gasteiger charge is 2.25. The van der Waals surface area contributed by atoms with Gasteiger partial charge in [-0.1, -0.05) is 18.2 Å². The van der Waals surface area contributed by atoms with Gasteiger partial charge in [0.1, 0.15) is 5.75 Å². The van der Waals surface area contributed by atoms with Crippen LogP contribution in [0.3, 0.4) is 0 Å². The number of aryl methyl sites for hydroxylation is 1. The lowest BCUT2D eigenvalue weighted by atomic mass is 9.98. The van der Waals surface area contributed by atoms with E-state index in [9.17, 15) is 21.6 Å². The van der Waals surface area contributed by atoms with Crippen molar-refractivity contribution in [3.05, 3.63) is 53.6 Å². The summed E-state index contributed by atoms with van der Waals surface area (Å²) in [5, 5.41) is 2.85. The first-order valence-electron chi connectivity index (χ1n) is 10.5. The normalized spacial score (nSPS) is 15.7. The lowest BCUT2D eigenvalue weighted by molar-refractivity contribution is 0.0941. The molecule has 3 rings (SSSR count). The van der Waals surface area contributed by atoms with Crippen LogP contribution in [0.2, 0.25) is 0 Å². The molecule has 11 heteroatoms. The van der Waals surface area contributed by atoms with E-state index in [2.05, 4.69) is 10.0 Å². The Kier molecular flexibility index (Phi) is 7.65. The number of ether oxygens (including phenoxy) is 1. The zero-order valence-electron chi connectivity index (χ0n) is 18.9. The van der Waals surface area contributed by atoms with Gasteiger partial charge in [-0.25, -0.2) is 21.1 Å². The molecule has 1 fully saturated rings. The van der Waals surface area contributed by atoms with Gasteiger partial charge in [-0.05, 0) is 55.5 Å². The van der Waals surface area contributed by atoms with Crippen LogP contribution in [0, 0.1) is 12.8 Å². The topological polar surface area (TPSA) is 122 Å². The van der Waals surface area contributed by atoms with Gasteiger partial charge >= 0.3 is 0 Å². The summed E-state index contributed by atoms with van der Waals surface area (Å²) in [5.41, 5.74) is 1.03. The predicted molar refractivity (Wildman–Crippen MR) is 126 cm³/mol. The molecule has 0 aromatic heterocycles. The van der Waals surface area contributed by atoms with Gasteiger partial charge in [-0.2, -0.15) is 0 Å². The largest absolute Gasteiger partial charge is 0.495 e. The fourth-order valence-corrected chi connectivity index (χ4v) is 5.96. The lowest BCUT2D eigenvalue weighted by Crippen LogP contribution is -2.41. The average molecular weight is 496 g/mol. The van der Waals surface area contributed by atoms with Crippen LogP contribution in [0.4, 0.5) is 5.69 Å². The van der Waals surface area contributed by atoms with Crippen molar-refractivity contribution in [1.29, 1.82) is 0 Å². The van der Waals surface area contributed by atoms with Crippen molar-refractivity contribution in [3.8, 4) is 5.75 Å². The van der Waals surface area contributed by atoms with Crippen molar-refractivity contribution >= 4 is 31.6 Å². The van der Waals surface area contributed by atoms with Crippen LogP contribution in [0.25, 0.3) is 0 Å². The Balaban J connectivity index is 1.69. The number of hydrogen-bond acceptors (Lipinski definition) is 6. The number of nitrogens with zero attached hydrogens (tertiary/aromatic N) is 1. The minimum Gasteiger partial charge on any atom is -0.495 e. The number of sulfonamides is 2. The van der Waals surface area contributed by atoms with Crippen LogP contribution in [0.1, 0.15) is 28.8 Å². The van der Waals surface area contributed by atoms with Crippen LogP contribution in [0.5, 0.6) is 5.75 Å². The van der Waals surface area contributed by atoms with Gasteiger partial charge in [0.15, 0.2) is 0 Å². The SMILES string of the molecule is COc1ccccc1NS(=O)(=O)c1cc(C(=O)NCC2CCN(S(C)(=O)=O)CC2)ccc1C. The Morgan fingerprint density at radius 2 is 1.76 bits per heavy atom. The molecule has 0 spiro atoms. The van der Waals surface area contributed by atoms with Gasteiger partial charge in [0.25, 0.3) is 15.9 Å². The highest BCUT2D eigenvalue weighted by molar-refractivity contribution is 7.92. The third-order valence-corrected chi connectivity index (χ3v) is 8.50. The molecule has 0 radical (unpaired) electrons. The van der Waals surface area contributed by atoms with E-state index in [1.807, 2.05) is 0 Å². The van der Waals surface area contributed by atoms with E-state index in [0.717, 1.165) is 0 Å². The number of para-hydroxylation sites is 2. The molecule has 9 nitrogen and oxygen atoms in total. The summed E-state index contributed by atoms with van der Waals surface area (Å²) in [4.78, 5) is 12.7. The second-order valence-corrected chi connectivity index (χ2v) is 11.7. The molecule has 1 aliphatic heterocycles. The van der Waals surface area contributed by atoms with Crippen LogP contribution in [0.15, 0.2) is 47.4 Å². The molecule has 33 heavy (non-hydrogen) atoms. The van der Waals surface area contributed by atoms with Crippen molar-refractivity contribution in [3.63, 3.8) is 0 Å². The Hall–Kier alpha value is -2.63. The fraction of sp³-hybridized carbons (Fsp3) is 0.409. The number of piperidine rings is 1. The van der Waals surface area contributed by atoms with E-state index in [1.54, 1.807) is 43.3 Å². The van der Waals surface area contributed by atoms with Gasteiger partial charge in [0.05, 0.1) is 23.9 Å². The minimum atomic E-state index is -3.96. The van der Waals surface area contributed by atoms with Crippen LogP contribution in [-0.2, 0) is 20.0 Å². The molecule has 1 aliphatic rings. The van der Waals surface area contributed by atoms with Crippen LogP contribution < -0.4 is 14.8 Å². The molecule has 0 bridgehead atoms. The van der Waals surface area contributed by atoms with E-state index in [-0.39, 0.29) is 22.3 Å². The summed E-state index contributed by atoms with van der Waals surface area (Å²) in [6.45, 7) is 2.92. The summed E-state index contributed by atoms with van der Waals surface area (Å²) in [6, 6.07) is 11.2. The summed E-state index contributed by atoms with van der Waals surface area (Å²) in [5.74, 6) is 0.164. The quantitative estimate of drug-likeness (QED) is 0.579. The maximum atomic E-state index is 13.0.